The molecule has 1 atom stereocenters. The molecule has 1 unspecified atom stereocenters. The molecule has 0 heterocycles. The molecule has 19 heavy (non-hydrogen) atoms. The number of hydrogen-bond donors (Lipinski definition) is 0. The molecule has 0 fully saturated rings. The van der Waals surface area contributed by atoms with E-state index >= 15 is 0 Å². The van der Waals surface area contributed by atoms with Gasteiger partial charge in [0.05, 0.1) is 5.16 Å². The number of hydrogen-bond acceptors (Lipinski definition) is 2. The summed E-state index contributed by atoms with van der Waals surface area (Å²) < 4.78 is 69.4. The van der Waals surface area contributed by atoms with Crippen molar-refractivity contribution in [1.82, 2.24) is 0 Å². The largest absolute Gasteiger partial charge is 0.419 e. The molecule has 0 amide bonds. The molecule has 1 aromatic carbocycles. The Morgan fingerprint density at radius 3 is 1.68 bits per heavy atom. The summed E-state index contributed by atoms with van der Waals surface area (Å²) in [6.45, 7) is 4.50. The number of esters is 1. The van der Waals surface area contributed by atoms with Crippen LogP contribution in [0.5, 0.6) is 5.75 Å². The van der Waals surface area contributed by atoms with Gasteiger partial charge in [0.1, 0.15) is 0 Å². The molecule has 1 aromatic rings. The van der Waals surface area contributed by atoms with E-state index in [2.05, 4.69) is 4.74 Å². The Hall–Kier alpha value is -1.23. The monoisotopic (exact) mass is 300 g/mol. The smallest absolute Gasteiger partial charge is 0.321 e. The highest BCUT2D eigenvalue weighted by Crippen LogP contribution is 2.33. The van der Waals surface area contributed by atoms with E-state index in [9.17, 15) is 26.7 Å². The van der Waals surface area contributed by atoms with Crippen molar-refractivity contribution in [1.29, 1.82) is 0 Å². The molecule has 106 valence electrons. The van der Waals surface area contributed by atoms with Crippen LogP contribution in [0.4, 0.5) is 22.0 Å². The number of carbonyl (C=O) groups is 1. The second-order valence-corrected chi connectivity index (χ2v) is 5.91. The van der Waals surface area contributed by atoms with Crippen molar-refractivity contribution in [2.24, 2.45) is 0 Å². The number of rotatable bonds is 3. The van der Waals surface area contributed by atoms with Gasteiger partial charge < -0.3 is 4.74 Å². The van der Waals surface area contributed by atoms with Crippen molar-refractivity contribution in [3.63, 3.8) is 0 Å². The lowest BCUT2D eigenvalue weighted by Gasteiger charge is -2.20. The molecule has 0 N–H and O–H groups in total. The van der Waals surface area contributed by atoms with E-state index < -0.39 is 46.0 Å². The lowest BCUT2D eigenvalue weighted by atomic mass is 10.2. The fraction of sp³-hybridized carbons (Fsp3) is 0.364. The van der Waals surface area contributed by atoms with Gasteiger partial charge in [-0.3, -0.25) is 4.79 Å². The maximum absolute atomic E-state index is 13.3. The fourth-order valence-electron chi connectivity index (χ4n) is 0.997. The van der Waals surface area contributed by atoms with Gasteiger partial charge in [-0.1, -0.05) is 0 Å². The summed E-state index contributed by atoms with van der Waals surface area (Å²) in [6.07, 6.45) is 0. The predicted molar refractivity (Wildman–Crippen MR) is 60.2 cm³/mol. The van der Waals surface area contributed by atoms with Gasteiger partial charge in [0.2, 0.25) is 34.8 Å². The van der Waals surface area contributed by atoms with E-state index in [0.29, 0.717) is 0 Å². The Balaban J connectivity index is 3.27. The zero-order chi connectivity index (χ0) is 15.0. The average Bonchev–Trinajstić information content (AvgIpc) is 2.38. The third kappa shape index (κ3) is 2.86. The van der Waals surface area contributed by atoms with E-state index in [1.807, 2.05) is 0 Å². The van der Waals surface area contributed by atoms with Crippen LogP contribution in [0.2, 0.25) is 0 Å². The highest BCUT2D eigenvalue weighted by molar-refractivity contribution is 7.40. The van der Waals surface area contributed by atoms with Crippen LogP contribution in [0.1, 0.15) is 13.8 Å². The summed E-state index contributed by atoms with van der Waals surface area (Å²) >= 11 is 0. The highest BCUT2D eigenvalue weighted by Gasteiger charge is 2.33. The zero-order valence-corrected chi connectivity index (χ0v) is 11.2. The molecular formula is C11H10F5O2P. The molecule has 1 rings (SSSR count). The van der Waals surface area contributed by atoms with Crippen LogP contribution in [0.25, 0.3) is 0 Å². The molecule has 0 aliphatic carbocycles. The number of benzene rings is 1. The van der Waals surface area contributed by atoms with Gasteiger partial charge >= 0.3 is 5.97 Å². The summed E-state index contributed by atoms with van der Waals surface area (Å²) in [5.41, 5.74) is 0. The standard InChI is InChI=1S/C11H10F5O2P/c1-11(2,19-3)10(17)18-9-7(15)5(13)4(12)6(14)8(9)16/h19H,1-3H3. The van der Waals surface area contributed by atoms with Crippen molar-refractivity contribution in [2.75, 3.05) is 6.66 Å². The Labute approximate surface area is 107 Å². The third-order valence-corrected chi connectivity index (χ3v) is 3.95. The Morgan fingerprint density at radius 2 is 1.32 bits per heavy atom. The van der Waals surface area contributed by atoms with Crippen LogP contribution in [-0.2, 0) is 4.79 Å². The van der Waals surface area contributed by atoms with E-state index in [4.69, 9.17) is 0 Å². The Morgan fingerprint density at radius 1 is 0.947 bits per heavy atom. The molecule has 0 aromatic heterocycles. The number of ether oxygens (including phenoxy) is 1. The summed E-state index contributed by atoms with van der Waals surface area (Å²) in [4.78, 5) is 11.6. The highest BCUT2D eigenvalue weighted by atomic mass is 31.1. The lowest BCUT2D eigenvalue weighted by Crippen LogP contribution is -2.31. The number of halogens is 5. The van der Waals surface area contributed by atoms with E-state index in [-0.39, 0.29) is 8.58 Å². The quantitative estimate of drug-likeness (QED) is 0.214. The van der Waals surface area contributed by atoms with Crippen LogP contribution < -0.4 is 4.74 Å². The molecule has 0 saturated heterocycles. The van der Waals surface area contributed by atoms with E-state index in [1.165, 1.54) is 13.8 Å². The van der Waals surface area contributed by atoms with Gasteiger partial charge in [0.15, 0.2) is 0 Å². The number of carbonyl (C=O) groups excluding carboxylic acids is 1. The van der Waals surface area contributed by atoms with Crippen LogP contribution >= 0.6 is 8.58 Å². The molecule has 8 heteroatoms. The molecule has 0 aliphatic heterocycles. The second-order valence-electron chi connectivity index (χ2n) is 4.16. The predicted octanol–water partition coefficient (Wildman–Crippen LogP) is 3.37. The minimum Gasteiger partial charge on any atom is -0.419 e. The van der Waals surface area contributed by atoms with Crippen LogP contribution in [-0.4, -0.2) is 17.8 Å². The van der Waals surface area contributed by atoms with Gasteiger partial charge in [-0.15, -0.1) is 8.58 Å². The SMILES string of the molecule is CPC(C)(C)C(=O)Oc1c(F)c(F)c(F)c(F)c1F. The maximum Gasteiger partial charge on any atom is 0.321 e. The van der Waals surface area contributed by atoms with Gasteiger partial charge in [-0.05, 0) is 20.5 Å². The van der Waals surface area contributed by atoms with Crippen molar-refractivity contribution < 1.29 is 31.5 Å². The van der Waals surface area contributed by atoms with Gasteiger partial charge in [0, 0.05) is 0 Å². The van der Waals surface area contributed by atoms with E-state index in [1.54, 1.807) is 6.66 Å². The second kappa shape index (κ2) is 5.41. The van der Waals surface area contributed by atoms with Gasteiger partial charge in [-0.2, -0.15) is 8.78 Å². The maximum atomic E-state index is 13.3. The first kappa shape index (κ1) is 15.8. The van der Waals surface area contributed by atoms with Crippen molar-refractivity contribution in [2.45, 2.75) is 19.0 Å². The third-order valence-electron chi connectivity index (χ3n) is 2.50. The molecule has 0 radical (unpaired) electrons. The van der Waals surface area contributed by atoms with Crippen molar-refractivity contribution in [3.8, 4) is 5.75 Å². The average molecular weight is 300 g/mol. The fourth-order valence-corrected chi connectivity index (χ4v) is 1.25. The van der Waals surface area contributed by atoms with Crippen LogP contribution in [0.3, 0.4) is 0 Å². The first-order chi connectivity index (χ1) is 8.63. The van der Waals surface area contributed by atoms with E-state index in [0.717, 1.165) is 0 Å². The first-order valence-corrected chi connectivity index (χ1v) is 6.56. The van der Waals surface area contributed by atoms with Crippen LogP contribution in [0, 0.1) is 29.1 Å². The molecule has 0 bridgehead atoms. The molecule has 0 spiro atoms. The zero-order valence-electron chi connectivity index (χ0n) is 10.2. The Kier molecular flexibility index (Phi) is 4.50. The topological polar surface area (TPSA) is 26.3 Å². The summed E-state index contributed by atoms with van der Waals surface area (Å²) in [7, 11) is 0.0212. The van der Waals surface area contributed by atoms with Crippen molar-refractivity contribution >= 4 is 14.6 Å². The Bertz CT molecular complexity index is 501. The summed E-state index contributed by atoms with van der Waals surface area (Å²) in [5.74, 6) is -13.6. The normalized spacial score (nSPS) is 12.2. The molecule has 2 nitrogen and oxygen atoms in total. The minimum atomic E-state index is -2.30. The lowest BCUT2D eigenvalue weighted by molar-refractivity contribution is -0.136. The molecular weight excluding hydrogens is 290 g/mol. The first-order valence-electron chi connectivity index (χ1n) is 5.06. The summed E-state index contributed by atoms with van der Waals surface area (Å²) in [6, 6.07) is 0. The molecule has 0 saturated carbocycles. The summed E-state index contributed by atoms with van der Waals surface area (Å²) in [5, 5.41) is -1.08. The van der Waals surface area contributed by atoms with Gasteiger partial charge in [-0.25, -0.2) is 13.2 Å². The minimum absolute atomic E-state index is 0.0212. The molecule has 0 aliphatic rings. The van der Waals surface area contributed by atoms with Gasteiger partial charge in [0.25, 0.3) is 0 Å². The van der Waals surface area contributed by atoms with Crippen molar-refractivity contribution in [3.05, 3.63) is 29.1 Å². The van der Waals surface area contributed by atoms with Crippen LogP contribution in [0.15, 0.2) is 0 Å².